The molecule has 2 aliphatic rings. The van der Waals surface area contributed by atoms with Gasteiger partial charge < -0.3 is 10.6 Å². The van der Waals surface area contributed by atoms with Crippen molar-refractivity contribution in [3.05, 3.63) is 0 Å². The molecule has 1 saturated carbocycles. The largest absolute Gasteiger partial charge is 0.392 e. The molecule has 102 valence electrons. The van der Waals surface area contributed by atoms with Crippen molar-refractivity contribution in [2.24, 2.45) is 23.0 Å². The quantitative estimate of drug-likeness (QED) is 0.796. The first-order valence-corrected chi connectivity index (χ1v) is 7.49. The number of amides is 1. The van der Waals surface area contributed by atoms with Crippen LogP contribution in [0.4, 0.5) is 0 Å². The molecule has 0 aromatic heterocycles. The fourth-order valence-corrected chi connectivity index (χ4v) is 3.83. The predicted octanol–water partition coefficient (Wildman–Crippen LogP) is 2.34. The van der Waals surface area contributed by atoms with Crippen LogP contribution in [0.1, 0.15) is 46.0 Å². The molecule has 0 spiro atoms. The molecule has 0 aromatic rings. The predicted molar refractivity (Wildman–Crippen MR) is 77.2 cm³/mol. The SMILES string of the molecule is CCCC1CCN(C(=O)C2(C(N)=S)CC(C)C2)C1. The monoisotopic (exact) mass is 268 g/mol. The van der Waals surface area contributed by atoms with Gasteiger partial charge >= 0.3 is 0 Å². The first-order valence-electron chi connectivity index (χ1n) is 7.09. The third-order valence-electron chi connectivity index (χ3n) is 4.54. The highest BCUT2D eigenvalue weighted by Crippen LogP contribution is 2.47. The Kier molecular flexibility index (Phi) is 3.95. The first kappa shape index (κ1) is 13.8. The number of nitrogens with two attached hydrogens (primary N) is 1. The van der Waals surface area contributed by atoms with Crippen LogP contribution >= 0.6 is 12.2 Å². The van der Waals surface area contributed by atoms with Crippen molar-refractivity contribution in [1.82, 2.24) is 4.90 Å². The molecule has 0 aromatic carbocycles. The zero-order valence-electron chi connectivity index (χ0n) is 11.4. The van der Waals surface area contributed by atoms with Crippen LogP contribution in [0.3, 0.4) is 0 Å². The molecular formula is C14H24N2OS. The van der Waals surface area contributed by atoms with Crippen molar-refractivity contribution >= 4 is 23.1 Å². The van der Waals surface area contributed by atoms with Gasteiger partial charge in [-0.05, 0) is 37.5 Å². The maximum absolute atomic E-state index is 12.6. The molecule has 3 nitrogen and oxygen atoms in total. The van der Waals surface area contributed by atoms with Gasteiger partial charge in [0, 0.05) is 13.1 Å². The Bertz CT molecular complexity index is 350. The zero-order chi connectivity index (χ0) is 13.3. The molecule has 2 rings (SSSR count). The van der Waals surface area contributed by atoms with Crippen molar-refractivity contribution in [3.63, 3.8) is 0 Å². The molecule has 2 fully saturated rings. The van der Waals surface area contributed by atoms with Crippen LogP contribution in [0.25, 0.3) is 0 Å². The second-order valence-corrected chi connectivity index (χ2v) is 6.59. The lowest BCUT2D eigenvalue weighted by molar-refractivity contribution is -0.143. The van der Waals surface area contributed by atoms with Gasteiger partial charge in [0.05, 0.1) is 10.4 Å². The molecule has 1 unspecified atom stereocenters. The van der Waals surface area contributed by atoms with E-state index in [4.69, 9.17) is 18.0 Å². The van der Waals surface area contributed by atoms with Crippen molar-refractivity contribution in [3.8, 4) is 0 Å². The molecule has 1 aliphatic heterocycles. The highest BCUT2D eigenvalue weighted by atomic mass is 32.1. The lowest BCUT2D eigenvalue weighted by atomic mass is 9.61. The van der Waals surface area contributed by atoms with Crippen LogP contribution in [-0.2, 0) is 4.79 Å². The minimum atomic E-state index is -0.504. The van der Waals surface area contributed by atoms with Gasteiger partial charge in [0.2, 0.25) is 5.91 Å². The third kappa shape index (κ3) is 2.27. The van der Waals surface area contributed by atoms with E-state index < -0.39 is 5.41 Å². The molecule has 1 saturated heterocycles. The van der Waals surface area contributed by atoms with Crippen molar-refractivity contribution in [1.29, 1.82) is 0 Å². The van der Waals surface area contributed by atoms with Crippen LogP contribution in [0.5, 0.6) is 0 Å². The molecule has 4 heteroatoms. The molecule has 18 heavy (non-hydrogen) atoms. The van der Waals surface area contributed by atoms with Crippen LogP contribution < -0.4 is 5.73 Å². The zero-order valence-corrected chi connectivity index (χ0v) is 12.3. The molecule has 1 atom stereocenters. The first-order chi connectivity index (χ1) is 8.49. The third-order valence-corrected chi connectivity index (χ3v) is 4.94. The second kappa shape index (κ2) is 5.16. The van der Waals surface area contributed by atoms with Gasteiger partial charge in [0.15, 0.2) is 0 Å². The van der Waals surface area contributed by atoms with Crippen LogP contribution in [0.15, 0.2) is 0 Å². The van der Waals surface area contributed by atoms with E-state index in [0.717, 1.165) is 32.4 Å². The molecule has 1 amide bonds. The van der Waals surface area contributed by atoms with Gasteiger partial charge in [0.25, 0.3) is 0 Å². The van der Waals surface area contributed by atoms with E-state index in [2.05, 4.69) is 13.8 Å². The summed E-state index contributed by atoms with van der Waals surface area (Å²) in [7, 11) is 0. The number of carbonyl (C=O) groups excluding carboxylic acids is 1. The number of carbonyl (C=O) groups is 1. The normalized spacial score (nSPS) is 35.3. The average Bonchev–Trinajstić information content (AvgIpc) is 2.72. The number of nitrogens with zero attached hydrogens (tertiary/aromatic N) is 1. The maximum atomic E-state index is 12.6. The summed E-state index contributed by atoms with van der Waals surface area (Å²) in [4.78, 5) is 15.1. The number of hydrogen-bond donors (Lipinski definition) is 1. The lowest BCUT2D eigenvalue weighted by Crippen LogP contribution is -2.56. The number of likely N-dealkylation sites (tertiary alicyclic amines) is 1. The average molecular weight is 268 g/mol. The summed E-state index contributed by atoms with van der Waals surface area (Å²) >= 11 is 5.16. The molecule has 0 bridgehead atoms. The molecule has 0 radical (unpaired) electrons. The Hall–Kier alpha value is -0.640. The fraction of sp³-hybridized carbons (Fsp3) is 0.857. The summed E-state index contributed by atoms with van der Waals surface area (Å²) in [6.45, 7) is 6.16. The van der Waals surface area contributed by atoms with Crippen LogP contribution in [-0.4, -0.2) is 28.9 Å². The summed E-state index contributed by atoms with van der Waals surface area (Å²) in [5, 5.41) is 0. The molecule has 2 N–H and O–H groups in total. The maximum Gasteiger partial charge on any atom is 0.235 e. The Labute approximate surface area is 115 Å². The van der Waals surface area contributed by atoms with E-state index in [1.54, 1.807) is 0 Å². The van der Waals surface area contributed by atoms with Crippen LogP contribution in [0, 0.1) is 17.3 Å². The fourth-order valence-electron chi connectivity index (χ4n) is 3.57. The summed E-state index contributed by atoms with van der Waals surface area (Å²) in [5.74, 6) is 1.45. The standard InChI is InChI=1S/C14H24N2OS/c1-3-4-11-5-6-16(9-11)13(17)14(12(15)18)7-10(2)8-14/h10-11H,3-9H2,1-2H3,(H2,15,18). The Morgan fingerprint density at radius 2 is 2.17 bits per heavy atom. The van der Waals surface area contributed by atoms with Crippen molar-refractivity contribution < 1.29 is 4.79 Å². The van der Waals surface area contributed by atoms with E-state index in [1.807, 2.05) is 4.90 Å². The van der Waals surface area contributed by atoms with Gasteiger partial charge in [-0.3, -0.25) is 4.79 Å². The van der Waals surface area contributed by atoms with E-state index in [0.29, 0.717) is 16.8 Å². The summed E-state index contributed by atoms with van der Waals surface area (Å²) in [6.07, 6.45) is 5.25. The highest BCUT2D eigenvalue weighted by molar-refractivity contribution is 7.80. The highest BCUT2D eigenvalue weighted by Gasteiger charge is 2.53. The van der Waals surface area contributed by atoms with Crippen molar-refractivity contribution in [2.75, 3.05) is 13.1 Å². The van der Waals surface area contributed by atoms with Gasteiger partial charge in [-0.25, -0.2) is 0 Å². The molecular weight excluding hydrogens is 244 g/mol. The van der Waals surface area contributed by atoms with E-state index in [1.165, 1.54) is 12.8 Å². The summed E-state index contributed by atoms with van der Waals surface area (Å²) < 4.78 is 0. The minimum absolute atomic E-state index is 0.201. The molecule has 1 heterocycles. The minimum Gasteiger partial charge on any atom is -0.392 e. The van der Waals surface area contributed by atoms with Gasteiger partial charge in [-0.15, -0.1) is 0 Å². The smallest absolute Gasteiger partial charge is 0.235 e. The second-order valence-electron chi connectivity index (χ2n) is 6.15. The Balaban J connectivity index is 2.01. The summed E-state index contributed by atoms with van der Waals surface area (Å²) in [5.41, 5.74) is 5.34. The number of hydrogen-bond acceptors (Lipinski definition) is 2. The number of rotatable bonds is 4. The van der Waals surface area contributed by atoms with Gasteiger partial charge in [0.1, 0.15) is 0 Å². The number of thiocarbonyl (C=S) groups is 1. The lowest BCUT2D eigenvalue weighted by Gasteiger charge is -2.46. The van der Waals surface area contributed by atoms with Crippen LogP contribution in [0.2, 0.25) is 0 Å². The Morgan fingerprint density at radius 3 is 2.67 bits per heavy atom. The van der Waals surface area contributed by atoms with E-state index in [9.17, 15) is 4.79 Å². The topological polar surface area (TPSA) is 46.3 Å². The van der Waals surface area contributed by atoms with E-state index in [-0.39, 0.29) is 5.91 Å². The van der Waals surface area contributed by atoms with Crippen molar-refractivity contribution in [2.45, 2.75) is 46.0 Å². The van der Waals surface area contributed by atoms with E-state index >= 15 is 0 Å². The summed E-state index contributed by atoms with van der Waals surface area (Å²) in [6, 6.07) is 0. The van der Waals surface area contributed by atoms with Gasteiger partial charge in [-0.2, -0.15) is 0 Å². The Morgan fingerprint density at radius 1 is 1.50 bits per heavy atom. The molecule has 1 aliphatic carbocycles. The van der Waals surface area contributed by atoms with Gasteiger partial charge in [-0.1, -0.05) is 32.5 Å².